The minimum atomic E-state index is 0.230. The molecule has 4 N–H and O–H groups in total. The number of nitrogen functional groups attached to an aromatic ring is 2. The molecule has 0 atom stereocenters. The molecule has 1 aromatic carbocycles. The monoisotopic (exact) mass is 274 g/mol. The summed E-state index contributed by atoms with van der Waals surface area (Å²) < 4.78 is 5.55. The van der Waals surface area contributed by atoms with E-state index in [4.69, 9.17) is 27.8 Å². The van der Waals surface area contributed by atoms with Gasteiger partial charge < -0.3 is 16.2 Å². The standard InChI is InChI=1S/C13H11ClN4O/c1-2-3-11-12(16)13(18-7-17-11)19-8-4-5-10(15)9(14)6-8/h4-7H,15-16H2,1H3. The van der Waals surface area contributed by atoms with Gasteiger partial charge in [-0.15, -0.1) is 0 Å². The van der Waals surface area contributed by atoms with Crippen LogP contribution in [-0.4, -0.2) is 9.97 Å². The number of nitrogens with two attached hydrogens (primary N) is 2. The number of halogens is 1. The van der Waals surface area contributed by atoms with Crippen molar-refractivity contribution in [3.63, 3.8) is 0 Å². The summed E-state index contributed by atoms with van der Waals surface area (Å²) in [4.78, 5) is 7.93. The van der Waals surface area contributed by atoms with E-state index in [1.54, 1.807) is 25.1 Å². The van der Waals surface area contributed by atoms with Gasteiger partial charge in [0.1, 0.15) is 23.5 Å². The first-order chi connectivity index (χ1) is 9.11. The van der Waals surface area contributed by atoms with E-state index in [-0.39, 0.29) is 11.6 Å². The fraction of sp³-hybridized carbons (Fsp3) is 0.0769. The second-order valence-corrected chi connectivity index (χ2v) is 4.01. The van der Waals surface area contributed by atoms with Gasteiger partial charge in [0, 0.05) is 6.07 Å². The minimum absolute atomic E-state index is 0.230. The van der Waals surface area contributed by atoms with E-state index in [0.29, 0.717) is 22.2 Å². The number of ether oxygens (including phenoxy) is 1. The minimum Gasteiger partial charge on any atom is -0.437 e. The van der Waals surface area contributed by atoms with Crippen molar-refractivity contribution in [2.45, 2.75) is 6.92 Å². The lowest BCUT2D eigenvalue weighted by Gasteiger charge is -2.08. The van der Waals surface area contributed by atoms with E-state index in [1.165, 1.54) is 6.33 Å². The molecule has 0 amide bonds. The van der Waals surface area contributed by atoms with Gasteiger partial charge in [-0.1, -0.05) is 17.5 Å². The Kier molecular flexibility index (Phi) is 3.74. The van der Waals surface area contributed by atoms with Gasteiger partial charge in [0.2, 0.25) is 5.88 Å². The van der Waals surface area contributed by atoms with Crippen molar-refractivity contribution in [3.8, 4) is 23.5 Å². The fourth-order valence-corrected chi connectivity index (χ4v) is 1.53. The Morgan fingerprint density at radius 2 is 2.05 bits per heavy atom. The molecule has 0 aliphatic rings. The maximum Gasteiger partial charge on any atom is 0.247 e. The van der Waals surface area contributed by atoms with E-state index >= 15 is 0 Å². The summed E-state index contributed by atoms with van der Waals surface area (Å²) in [7, 11) is 0. The number of anilines is 2. The van der Waals surface area contributed by atoms with Crippen molar-refractivity contribution in [1.29, 1.82) is 0 Å². The lowest BCUT2D eigenvalue weighted by Crippen LogP contribution is -2.00. The van der Waals surface area contributed by atoms with E-state index in [9.17, 15) is 0 Å². The summed E-state index contributed by atoms with van der Waals surface area (Å²) in [6.07, 6.45) is 1.34. The smallest absolute Gasteiger partial charge is 0.247 e. The summed E-state index contributed by atoms with van der Waals surface area (Å²) in [5, 5.41) is 0.402. The molecule has 2 aromatic rings. The summed E-state index contributed by atoms with van der Waals surface area (Å²) in [6.45, 7) is 1.70. The molecule has 19 heavy (non-hydrogen) atoms. The molecule has 2 rings (SSSR count). The molecule has 96 valence electrons. The van der Waals surface area contributed by atoms with Crippen LogP contribution < -0.4 is 16.2 Å². The summed E-state index contributed by atoms with van der Waals surface area (Å²) >= 11 is 5.91. The van der Waals surface area contributed by atoms with Gasteiger partial charge >= 0.3 is 0 Å². The largest absolute Gasteiger partial charge is 0.437 e. The number of benzene rings is 1. The van der Waals surface area contributed by atoms with Gasteiger partial charge in [-0.2, -0.15) is 4.98 Å². The van der Waals surface area contributed by atoms with Crippen LogP contribution in [0.1, 0.15) is 12.6 Å². The van der Waals surface area contributed by atoms with E-state index in [0.717, 1.165) is 0 Å². The van der Waals surface area contributed by atoms with Gasteiger partial charge in [-0.25, -0.2) is 4.98 Å². The highest BCUT2D eigenvalue weighted by molar-refractivity contribution is 6.33. The highest BCUT2D eigenvalue weighted by atomic mass is 35.5. The first-order valence-corrected chi connectivity index (χ1v) is 5.75. The maximum absolute atomic E-state index is 5.91. The zero-order chi connectivity index (χ0) is 13.8. The molecular formula is C13H11ClN4O. The van der Waals surface area contributed by atoms with Crippen LogP contribution in [-0.2, 0) is 0 Å². The topological polar surface area (TPSA) is 87.0 Å². The molecule has 0 saturated heterocycles. The second-order valence-electron chi connectivity index (χ2n) is 3.60. The zero-order valence-corrected chi connectivity index (χ0v) is 10.9. The summed E-state index contributed by atoms with van der Waals surface area (Å²) in [6, 6.07) is 4.90. The Hall–Kier alpha value is -2.45. The Morgan fingerprint density at radius 3 is 2.74 bits per heavy atom. The average Bonchev–Trinajstić information content (AvgIpc) is 2.39. The maximum atomic E-state index is 5.91. The molecule has 0 bridgehead atoms. The predicted octanol–water partition coefficient (Wildman–Crippen LogP) is 2.46. The number of hydrogen-bond donors (Lipinski definition) is 2. The lowest BCUT2D eigenvalue weighted by atomic mass is 10.3. The van der Waals surface area contributed by atoms with Gasteiger partial charge in [-0.3, -0.25) is 0 Å². The third kappa shape index (κ3) is 2.87. The van der Waals surface area contributed by atoms with Crippen molar-refractivity contribution in [2.75, 3.05) is 11.5 Å². The number of aromatic nitrogens is 2. The van der Waals surface area contributed by atoms with Crippen LogP contribution in [0, 0.1) is 11.8 Å². The molecule has 1 aromatic heterocycles. The Bertz CT molecular complexity index is 676. The predicted molar refractivity (Wildman–Crippen MR) is 74.9 cm³/mol. The van der Waals surface area contributed by atoms with Crippen LogP contribution >= 0.6 is 11.6 Å². The second kappa shape index (κ2) is 5.46. The van der Waals surface area contributed by atoms with E-state index in [1.807, 2.05) is 0 Å². The Morgan fingerprint density at radius 1 is 1.26 bits per heavy atom. The normalized spacial score (nSPS) is 9.58. The van der Waals surface area contributed by atoms with Gasteiger partial charge in [0.25, 0.3) is 0 Å². The third-order valence-corrected chi connectivity index (χ3v) is 2.60. The van der Waals surface area contributed by atoms with Crippen molar-refractivity contribution >= 4 is 23.0 Å². The zero-order valence-electron chi connectivity index (χ0n) is 10.1. The SMILES string of the molecule is CC#Cc1ncnc(Oc2ccc(N)c(Cl)c2)c1N. The van der Waals surface area contributed by atoms with Crippen LogP contribution in [0.5, 0.6) is 11.6 Å². The molecule has 0 radical (unpaired) electrons. The first-order valence-electron chi connectivity index (χ1n) is 5.38. The molecule has 5 nitrogen and oxygen atoms in total. The van der Waals surface area contributed by atoms with Crippen molar-refractivity contribution in [1.82, 2.24) is 9.97 Å². The van der Waals surface area contributed by atoms with Crippen molar-refractivity contribution in [3.05, 3.63) is 35.2 Å². The van der Waals surface area contributed by atoms with Crippen LogP contribution in [0.3, 0.4) is 0 Å². The molecule has 0 aliphatic heterocycles. The van der Waals surface area contributed by atoms with E-state index < -0.39 is 0 Å². The lowest BCUT2D eigenvalue weighted by molar-refractivity contribution is 0.464. The van der Waals surface area contributed by atoms with Crippen molar-refractivity contribution in [2.24, 2.45) is 0 Å². The molecule has 6 heteroatoms. The molecule has 0 saturated carbocycles. The Balaban J connectivity index is 2.34. The van der Waals surface area contributed by atoms with Crippen LogP contribution in [0.25, 0.3) is 0 Å². The van der Waals surface area contributed by atoms with E-state index in [2.05, 4.69) is 21.8 Å². The molecule has 0 unspecified atom stereocenters. The highest BCUT2D eigenvalue weighted by Gasteiger charge is 2.09. The fourth-order valence-electron chi connectivity index (χ4n) is 1.36. The number of nitrogens with zero attached hydrogens (tertiary/aromatic N) is 2. The average molecular weight is 275 g/mol. The van der Waals surface area contributed by atoms with Gasteiger partial charge in [-0.05, 0) is 25.0 Å². The quantitative estimate of drug-likeness (QED) is 0.649. The molecule has 0 spiro atoms. The molecule has 1 heterocycles. The van der Waals surface area contributed by atoms with Gasteiger partial charge in [0.15, 0.2) is 0 Å². The molecule has 0 fully saturated rings. The van der Waals surface area contributed by atoms with Gasteiger partial charge in [0.05, 0.1) is 10.7 Å². The van der Waals surface area contributed by atoms with Crippen molar-refractivity contribution < 1.29 is 4.74 Å². The third-order valence-electron chi connectivity index (χ3n) is 2.28. The Labute approximate surface area is 115 Å². The number of hydrogen-bond acceptors (Lipinski definition) is 5. The first kappa shape index (κ1) is 13.0. The summed E-state index contributed by atoms with van der Waals surface area (Å²) in [5.74, 6) is 6.21. The van der Waals surface area contributed by atoms with Crippen LogP contribution in [0.2, 0.25) is 5.02 Å². The highest BCUT2D eigenvalue weighted by Crippen LogP contribution is 2.30. The summed E-state index contributed by atoms with van der Waals surface area (Å²) in [5.41, 5.74) is 12.7. The van der Waals surface area contributed by atoms with Crippen LogP contribution in [0.15, 0.2) is 24.5 Å². The van der Waals surface area contributed by atoms with Crippen LogP contribution in [0.4, 0.5) is 11.4 Å². The molecular weight excluding hydrogens is 264 g/mol. The molecule has 0 aliphatic carbocycles. The number of rotatable bonds is 2.